The van der Waals surface area contributed by atoms with Crippen molar-refractivity contribution < 1.29 is 19.1 Å². The number of nitrogens with zero attached hydrogens (tertiary/aromatic N) is 3. The number of hydrogen-bond donors (Lipinski definition) is 3. The number of likely N-dealkylation sites (N-methyl/N-ethyl adjacent to an activating group) is 1. The highest BCUT2D eigenvalue weighted by Gasteiger charge is 2.25. The summed E-state index contributed by atoms with van der Waals surface area (Å²) < 4.78 is 7.63. The number of rotatable bonds is 15. The molecule has 0 aliphatic carbocycles. The molecule has 0 radical (unpaired) electrons. The average molecular weight is 495 g/mol. The van der Waals surface area contributed by atoms with E-state index in [1.165, 1.54) is 0 Å². The average Bonchev–Trinajstić information content (AvgIpc) is 3.24. The zero-order valence-electron chi connectivity index (χ0n) is 23.0. The van der Waals surface area contributed by atoms with E-state index in [-0.39, 0.29) is 47.6 Å². The Morgan fingerprint density at radius 2 is 1.80 bits per heavy atom. The van der Waals surface area contributed by atoms with Crippen molar-refractivity contribution in [3.63, 3.8) is 0 Å². The van der Waals surface area contributed by atoms with E-state index in [0.29, 0.717) is 25.1 Å². The van der Waals surface area contributed by atoms with Gasteiger partial charge in [-0.2, -0.15) is 0 Å². The Labute approximate surface area is 210 Å². The summed E-state index contributed by atoms with van der Waals surface area (Å²) >= 11 is 0. The largest absolute Gasteiger partial charge is 0.376 e. The summed E-state index contributed by atoms with van der Waals surface area (Å²) in [5.41, 5.74) is 0.171. The van der Waals surface area contributed by atoms with Crippen molar-refractivity contribution in [2.75, 3.05) is 13.7 Å². The number of carbonyl (C=O) groups is 3. The first kappa shape index (κ1) is 30.7. The van der Waals surface area contributed by atoms with Crippen LogP contribution >= 0.6 is 0 Å². The van der Waals surface area contributed by atoms with Gasteiger partial charge in [0.05, 0.1) is 36.0 Å². The predicted molar refractivity (Wildman–Crippen MR) is 136 cm³/mol. The number of ketones is 1. The zero-order chi connectivity index (χ0) is 26.8. The van der Waals surface area contributed by atoms with E-state index in [9.17, 15) is 14.4 Å². The molecule has 0 aromatic carbocycles. The third-order valence-electron chi connectivity index (χ3n) is 5.86. The molecule has 1 aromatic rings. The maximum Gasteiger partial charge on any atom is 0.237 e. The molecular weight excluding hydrogens is 448 g/mol. The van der Waals surface area contributed by atoms with Crippen LogP contribution in [0.4, 0.5) is 0 Å². The molecule has 1 rings (SSSR count). The van der Waals surface area contributed by atoms with Crippen LogP contribution in [0.2, 0.25) is 0 Å². The van der Waals surface area contributed by atoms with Crippen LogP contribution in [-0.4, -0.2) is 63.9 Å². The smallest absolute Gasteiger partial charge is 0.237 e. The number of nitrogens with one attached hydrogen (secondary N) is 3. The second kappa shape index (κ2) is 13.7. The van der Waals surface area contributed by atoms with E-state index in [2.05, 4.69) is 40.1 Å². The van der Waals surface area contributed by atoms with Crippen molar-refractivity contribution in [1.29, 1.82) is 0 Å². The Hall–Kier alpha value is -2.33. The molecule has 2 atom stereocenters. The maximum absolute atomic E-state index is 12.7. The fourth-order valence-corrected chi connectivity index (χ4v) is 3.46. The molecule has 0 saturated carbocycles. The van der Waals surface area contributed by atoms with Crippen LogP contribution in [0.15, 0.2) is 6.20 Å². The van der Waals surface area contributed by atoms with Gasteiger partial charge in [-0.15, -0.1) is 5.10 Å². The van der Waals surface area contributed by atoms with Gasteiger partial charge in [-0.1, -0.05) is 26.0 Å². The summed E-state index contributed by atoms with van der Waals surface area (Å²) in [5.74, 6) is -0.440. The van der Waals surface area contributed by atoms with Crippen molar-refractivity contribution in [2.24, 2.45) is 5.92 Å². The van der Waals surface area contributed by atoms with Gasteiger partial charge in [0, 0.05) is 19.4 Å². The van der Waals surface area contributed by atoms with Crippen LogP contribution in [0.5, 0.6) is 0 Å². The normalized spacial score (nSPS) is 14.0. The third-order valence-corrected chi connectivity index (χ3v) is 5.86. The molecule has 0 aliphatic heterocycles. The highest BCUT2D eigenvalue weighted by molar-refractivity contribution is 5.89. The number of Topliss-reactive ketones (excluding diaryl/α,β-unsaturated/α-hetero) is 1. The van der Waals surface area contributed by atoms with E-state index < -0.39 is 12.1 Å². The van der Waals surface area contributed by atoms with Crippen molar-refractivity contribution >= 4 is 17.6 Å². The summed E-state index contributed by atoms with van der Waals surface area (Å²) in [4.78, 5) is 37.1. The van der Waals surface area contributed by atoms with E-state index in [1.54, 1.807) is 18.7 Å². The third kappa shape index (κ3) is 10.9. The SMILES string of the molecule is CCC(=O)C(NC(=O)CCC(NC)C(=O)NCc1cn(C(C)(C)CCOC(C)(C)C)nn1)C(C)C. The van der Waals surface area contributed by atoms with Gasteiger partial charge in [0.2, 0.25) is 11.8 Å². The first-order valence-corrected chi connectivity index (χ1v) is 12.5. The fraction of sp³-hybridized carbons (Fsp3) is 0.800. The Bertz CT molecular complexity index is 828. The minimum Gasteiger partial charge on any atom is -0.376 e. The summed E-state index contributed by atoms with van der Waals surface area (Å²) in [6, 6.07) is -1.04. The lowest BCUT2D eigenvalue weighted by atomic mass is 9.98. The number of hydrogen-bond acceptors (Lipinski definition) is 7. The van der Waals surface area contributed by atoms with Crippen LogP contribution in [-0.2, 0) is 31.2 Å². The van der Waals surface area contributed by atoms with Crippen LogP contribution in [0.3, 0.4) is 0 Å². The van der Waals surface area contributed by atoms with Crippen molar-refractivity contribution in [2.45, 2.75) is 111 Å². The highest BCUT2D eigenvalue weighted by atomic mass is 16.5. The van der Waals surface area contributed by atoms with Crippen molar-refractivity contribution in [1.82, 2.24) is 30.9 Å². The molecular formula is C25H46N6O4. The molecule has 0 bridgehead atoms. The minimum atomic E-state index is -0.541. The van der Waals surface area contributed by atoms with Crippen molar-refractivity contribution in [3.8, 4) is 0 Å². The molecule has 0 aliphatic rings. The molecule has 0 saturated heterocycles. The maximum atomic E-state index is 12.7. The molecule has 2 unspecified atom stereocenters. The van der Waals surface area contributed by atoms with Gasteiger partial charge in [0.25, 0.3) is 0 Å². The Morgan fingerprint density at radius 3 is 2.34 bits per heavy atom. The second-order valence-electron chi connectivity index (χ2n) is 10.9. The highest BCUT2D eigenvalue weighted by Crippen LogP contribution is 2.20. The number of amides is 2. The Kier molecular flexibility index (Phi) is 12.0. The quantitative estimate of drug-likeness (QED) is 0.341. The first-order valence-electron chi connectivity index (χ1n) is 12.5. The van der Waals surface area contributed by atoms with Gasteiger partial charge in [0.15, 0.2) is 5.78 Å². The van der Waals surface area contributed by atoms with Gasteiger partial charge in [-0.3, -0.25) is 14.4 Å². The van der Waals surface area contributed by atoms with Gasteiger partial charge in [-0.25, -0.2) is 4.68 Å². The molecule has 10 nitrogen and oxygen atoms in total. The van der Waals surface area contributed by atoms with E-state index in [4.69, 9.17) is 4.74 Å². The first-order chi connectivity index (χ1) is 16.2. The summed E-state index contributed by atoms with van der Waals surface area (Å²) in [7, 11) is 1.68. The van der Waals surface area contributed by atoms with E-state index >= 15 is 0 Å². The van der Waals surface area contributed by atoms with Gasteiger partial charge in [-0.05, 0) is 60.4 Å². The molecule has 10 heteroatoms. The lowest BCUT2D eigenvalue weighted by Gasteiger charge is -2.27. The predicted octanol–water partition coefficient (Wildman–Crippen LogP) is 2.32. The summed E-state index contributed by atoms with van der Waals surface area (Å²) in [6.45, 7) is 16.6. The molecule has 2 amide bonds. The monoisotopic (exact) mass is 494 g/mol. The topological polar surface area (TPSA) is 127 Å². The van der Waals surface area contributed by atoms with Crippen LogP contribution < -0.4 is 16.0 Å². The number of ether oxygens (including phenoxy) is 1. The summed E-state index contributed by atoms with van der Waals surface area (Å²) in [6.07, 6.45) is 3.42. The standard InChI is InChI=1S/C25H46N6O4/c1-10-20(32)22(17(2)3)28-21(33)12-11-19(26-9)23(34)27-15-18-16-31(30-29-18)25(7,8)13-14-35-24(4,5)6/h16-17,19,22,26H,10-15H2,1-9H3,(H,27,34)(H,28,33). The van der Waals surface area contributed by atoms with Crippen LogP contribution in [0.1, 0.15) is 86.8 Å². The molecule has 1 aromatic heterocycles. The number of carbonyl (C=O) groups excluding carboxylic acids is 3. The Morgan fingerprint density at radius 1 is 1.14 bits per heavy atom. The molecule has 200 valence electrons. The molecule has 35 heavy (non-hydrogen) atoms. The van der Waals surface area contributed by atoms with Crippen LogP contribution in [0, 0.1) is 5.92 Å². The van der Waals surface area contributed by atoms with Gasteiger partial charge in [0.1, 0.15) is 5.69 Å². The van der Waals surface area contributed by atoms with E-state index in [1.807, 2.05) is 40.8 Å². The lowest BCUT2D eigenvalue weighted by molar-refractivity contribution is -0.129. The fourth-order valence-electron chi connectivity index (χ4n) is 3.46. The minimum absolute atomic E-state index is 0.00853. The zero-order valence-corrected chi connectivity index (χ0v) is 23.0. The van der Waals surface area contributed by atoms with Gasteiger partial charge < -0.3 is 20.7 Å². The molecule has 1 heterocycles. The number of aromatic nitrogens is 3. The van der Waals surface area contributed by atoms with Crippen LogP contribution in [0.25, 0.3) is 0 Å². The second-order valence-corrected chi connectivity index (χ2v) is 10.9. The molecule has 3 N–H and O–H groups in total. The van der Waals surface area contributed by atoms with Gasteiger partial charge >= 0.3 is 0 Å². The Balaban J connectivity index is 2.57. The van der Waals surface area contributed by atoms with E-state index in [0.717, 1.165) is 6.42 Å². The van der Waals surface area contributed by atoms with Crippen molar-refractivity contribution in [3.05, 3.63) is 11.9 Å². The summed E-state index contributed by atoms with van der Waals surface area (Å²) in [5, 5.41) is 17.0. The molecule has 0 fully saturated rings. The lowest BCUT2D eigenvalue weighted by Crippen LogP contribution is -2.46. The molecule has 0 spiro atoms.